The van der Waals surface area contributed by atoms with E-state index >= 15 is 0 Å². The van der Waals surface area contributed by atoms with Crippen molar-refractivity contribution in [1.82, 2.24) is 15.2 Å². The van der Waals surface area contributed by atoms with Crippen molar-refractivity contribution in [2.75, 3.05) is 5.75 Å². The fourth-order valence-corrected chi connectivity index (χ4v) is 4.87. The van der Waals surface area contributed by atoms with Crippen LogP contribution in [0.4, 0.5) is 4.79 Å². The topological polar surface area (TPSA) is 78.5 Å². The van der Waals surface area contributed by atoms with Gasteiger partial charge in [-0.05, 0) is 29.5 Å². The Balaban J connectivity index is 1.81. The van der Waals surface area contributed by atoms with Crippen molar-refractivity contribution in [3.05, 3.63) is 72.4 Å². The molecule has 0 radical (unpaired) electrons. The lowest BCUT2D eigenvalue weighted by molar-refractivity contribution is 0.181. The molecular weight excluding hydrogens is 370 g/mol. The number of hydrogen-bond acceptors (Lipinski definition) is 5. The van der Waals surface area contributed by atoms with Gasteiger partial charge >= 0.3 is 6.03 Å². The molecule has 0 fully saturated rings. The first-order valence-electron chi connectivity index (χ1n) is 8.08. The number of rotatable bonds is 5. The van der Waals surface area contributed by atoms with Gasteiger partial charge in [-0.2, -0.15) is 0 Å². The summed E-state index contributed by atoms with van der Waals surface area (Å²) in [6, 6.07) is 14.9. The lowest BCUT2D eigenvalue weighted by Crippen LogP contribution is -2.47. The Morgan fingerprint density at radius 1 is 1.15 bits per heavy atom. The molecule has 1 aliphatic heterocycles. The third-order valence-electron chi connectivity index (χ3n) is 3.79. The van der Waals surface area contributed by atoms with Gasteiger partial charge in [0.25, 0.3) is 10.0 Å². The van der Waals surface area contributed by atoms with Gasteiger partial charge in [-0.3, -0.25) is 0 Å². The molecule has 2 amide bonds. The van der Waals surface area contributed by atoms with Crippen LogP contribution >= 0.6 is 11.8 Å². The highest BCUT2D eigenvalue weighted by molar-refractivity contribution is 8.00. The van der Waals surface area contributed by atoms with Crippen LogP contribution in [0.1, 0.15) is 18.5 Å². The van der Waals surface area contributed by atoms with E-state index in [1.807, 2.05) is 37.3 Å². The first kappa shape index (κ1) is 18.3. The number of urea groups is 1. The molecule has 26 heavy (non-hydrogen) atoms. The molecule has 0 saturated carbocycles. The zero-order valence-corrected chi connectivity index (χ0v) is 15.8. The fraction of sp³-hybridized carbons (Fsp3) is 0.167. The van der Waals surface area contributed by atoms with Gasteiger partial charge in [-0.15, -0.1) is 11.8 Å². The largest absolute Gasteiger partial charge is 0.350 e. The number of benzene rings is 2. The molecule has 0 spiro atoms. The Hall–Kier alpha value is -2.45. The number of nitrogens with one attached hydrogen (secondary N) is 2. The molecule has 8 heteroatoms. The van der Waals surface area contributed by atoms with E-state index in [4.69, 9.17) is 0 Å². The van der Waals surface area contributed by atoms with E-state index in [1.54, 1.807) is 30.5 Å². The van der Waals surface area contributed by atoms with Crippen molar-refractivity contribution in [1.29, 1.82) is 0 Å². The maximum atomic E-state index is 12.7. The molecule has 2 aromatic carbocycles. The Kier molecular flexibility index (Phi) is 5.53. The predicted molar refractivity (Wildman–Crippen MR) is 102 cm³/mol. The first-order valence-corrected chi connectivity index (χ1v) is 10.6. The van der Waals surface area contributed by atoms with E-state index < -0.39 is 16.1 Å². The summed E-state index contributed by atoms with van der Waals surface area (Å²) in [5, 5.41) is 1.25. The summed E-state index contributed by atoms with van der Waals surface area (Å²) >= 11 is 1.41. The van der Waals surface area contributed by atoms with Gasteiger partial charge in [0.15, 0.2) is 0 Å². The minimum Gasteiger partial charge on any atom is -0.301 e. The summed E-state index contributed by atoms with van der Waals surface area (Å²) in [6.07, 6.45) is 3.41. The van der Waals surface area contributed by atoms with Crippen molar-refractivity contribution in [2.24, 2.45) is 0 Å². The Morgan fingerprint density at radius 3 is 2.58 bits per heavy atom. The van der Waals surface area contributed by atoms with Crippen LogP contribution in [-0.4, -0.2) is 25.2 Å². The van der Waals surface area contributed by atoms with Gasteiger partial charge in [0.2, 0.25) is 0 Å². The van der Waals surface area contributed by atoms with Crippen LogP contribution in [-0.2, 0) is 10.0 Å². The molecular formula is C18H19N3O3S2. The normalized spacial score (nSPS) is 16.3. The highest BCUT2D eigenvalue weighted by Crippen LogP contribution is 2.27. The Labute approximate surface area is 157 Å². The fourth-order valence-electron chi connectivity index (χ4n) is 2.64. The molecule has 6 nitrogen and oxygen atoms in total. The van der Waals surface area contributed by atoms with E-state index in [0.29, 0.717) is 4.90 Å². The number of hydrogen-bond donors (Lipinski definition) is 2. The minimum atomic E-state index is -3.99. The van der Waals surface area contributed by atoms with Gasteiger partial charge in [-0.25, -0.2) is 22.9 Å². The number of carbonyl (C=O) groups excluding carboxylic acids is 1. The number of amides is 2. The average molecular weight is 390 g/mol. The second kappa shape index (κ2) is 7.84. The summed E-state index contributed by atoms with van der Waals surface area (Å²) in [5.74, 6) is 0.730. The van der Waals surface area contributed by atoms with Crippen molar-refractivity contribution in [2.45, 2.75) is 22.8 Å². The molecule has 1 unspecified atom stereocenters. The molecule has 0 aromatic heterocycles. The van der Waals surface area contributed by atoms with Crippen molar-refractivity contribution < 1.29 is 13.2 Å². The van der Waals surface area contributed by atoms with Crippen LogP contribution in [0.2, 0.25) is 0 Å². The highest BCUT2D eigenvalue weighted by Gasteiger charge is 2.30. The lowest BCUT2D eigenvalue weighted by Gasteiger charge is -2.25. The number of nitrogens with zero attached hydrogens (tertiary/aromatic N) is 1. The van der Waals surface area contributed by atoms with Gasteiger partial charge in [0, 0.05) is 11.1 Å². The number of thioether (sulfide) groups is 1. The van der Waals surface area contributed by atoms with E-state index in [1.165, 1.54) is 22.8 Å². The van der Waals surface area contributed by atoms with E-state index in [-0.39, 0.29) is 10.9 Å². The third-order valence-corrected chi connectivity index (χ3v) is 6.25. The molecule has 1 aliphatic rings. The molecule has 2 N–H and O–H groups in total. The maximum Gasteiger partial charge on any atom is 0.350 e. The second-order valence-electron chi connectivity index (χ2n) is 5.50. The molecule has 1 atom stereocenters. The van der Waals surface area contributed by atoms with Crippen LogP contribution in [0.5, 0.6) is 0 Å². The number of hydrazine groups is 1. The van der Waals surface area contributed by atoms with Crippen molar-refractivity contribution in [3.8, 4) is 0 Å². The zero-order valence-electron chi connectivity index (χ0n) is 14.1. The summed E-state index contributed by atoms with van der Waals surface area (Å²) in [5.41, 5.74) is 3.67. The summed E-state index contributed by atoms with van der Waals surface area (Å²) in [6.45, 7) is 1.94. The van der Waals surface area contributed by atoms with Crippen LogP contribution < -0.4 is 10.1 Å². The molecule has 136 valence electrons. The second-order valence-corrected chi connectivity index (χ2v) is 8.46. The van der Waals surface area contributed by atoms with Crippen LogP contribution in [0.3, 0.4) is 0 Å². The minimum absolute atomic E-state index is 0.101. The van der Waals surface area contributed by atoms with Crippen LogP contribution in [0.15, 0.2) is 76.7 Å². The SMILES string of the molecule is CCSc1ccccc1S(=O)(=O)NC(=O)N1NC=CC1c1ccccc1. The third kappa shape index (κ3) is 3.86. The molecule has 0 bridgehead atoms. The van der Waals surface area contributed by atoms with Crippen LogP contribution in [0.25, 0.3) is 0 Å². The molecule has 3 rings (SSSR count). The summed E-state index contributed by atoms with van der Waals surface area (Å²) in [7, 11) is -3.99. The van der Waals surface area contributed by atoms with Gasteiger partial charge in [-0.1, -0.05) is 49.4 Å². The standard InChI is InChI=1S/C18H19N3O3S2/c1-2-25-16-10-6-7-11-17(16)26(23,24)20-18(22)21-15(12-13-19-21)14-8-4-3-5-9-14/h3-13,15,19H,2H2,1H3,(H,20,22). The average Bonchev–Trinajstić information content (AvgIpc) is 3.13. The monoisotopic (exact) mass is 389 g/mol. The Bertz CT molecular complexity index is 914. The van der Waals surface area contributed by atoms with Crippen LogP contribution in [0, 0.1) is 0 Å². The highest BCUT2D eigenvalue weighted by atomic mass is 32.2. The summed E-state index contributed by atoms with van der Waals surface area (Å²) in [4.78, 5) is 13.3. The zero-order chi connectivity index (χ0) is 18.6. The van der Waals surface area contributed by atoms with E-state index in [2.05, 4.69) is 10.1 Å². The lowest BCUT2D eigenvalue weighted by atomic mass is 10.1. The van der Waals surface area contributed by atoms with E-state index in [9.17, 15) is 13.2 Å². The predicted octanol–water partition coefficient (Wildman–Crippen LogP) is 3.27. The number of sulfonamides is 1. The van der Waals surface area contributed by atoms with E-state index in [0.717, 1.165) is 11.3 Å². The summed E-state index contributed by atoms with van der Waals surface area (Å²) < 4.78 is 27.6. The van der Waals surface area contributed by atoms with Crippen molar-refractivity contribution in [3.63, 3.8) is 0 Å². The molecule has 0 saturated heterocycles. The van der Waals surface area contributed by atoms with Crippen molar-refractivity contribution >= 4 is 27.8 Å². The van der Waals surface area contributed by atoms with Gasteiger partial charge in [0.1, 0.15) is 4.90 Å². The molecule has 2 aromatic rings. The Morgan fingerprint density at radius 2 is 1.85 bits per heavy atom. The smallest absolute Gasteiger partial charge is 0.301 e. The van der Waals surface area contributed by atoms with Gasteiger partial charge < -0.3 is 5.43 Å². The number of carbonyl (C=O) groups is 1. The van der Waals surface area contributed by atoms with Gasteiger partial charge in [0.05, 0.1) is 6.04 Å². The quantitative estimate of drug-likeness (QED) is 0.768. The molecule has 0 aliphatic carbocycles. The first-order chi connectivity index (χ1) is 12.5. The maximum absolute atomic E-state index is 12.7. The molecule has 1 heterocycles.